The summed E-state index contributed by atoms with van der Waals surface area (Å²) in [6.07, 6.45) is 0.558. The van der Waals surface area contributed by atoms with Crippen molar-refractivity contribution in [3.8, 4) is 5.75 Å². The lowest BCUT2D eigenvalue weighted by atomic mass is 9.80. The Morgan fingerprint density at radius 1 is 1.06 bits per heavy atom. The number of ether oxygens (including phenoxy) is 3. The lowest BCUT2D eigenvalue weighted by Crippen LogP contribution is -2.39. The van der Waals surface area contributed by atoms with E-state index in [1.165, 1.54) is 24.3 Å². The van der Waals surface area contributed by atoms with Crippen LogP contribution in [0.3, 0.4) is 0 Å². The molecule has 2 aromatic carbocycles. The topological polar surface area (TPSA) is 96.0 Å². The Labute approximate surface area is 202 Å². The number of hydrogen-bond acceptors (Lipinski definition) is 7. The molecule has 3 fully saturated rings. The fourth-order valence-corrected chi connectivity index (χ4v) is 6.37. The third kappa shape index (κ3) is 3.85. The SMILES string of the molecule is O=C(COC(=O)[C@@H]1[C@H]2C[C@H]3[C@H](OC(=O)[C@H]31)[C@H]2Br)c1ccc(OC(=O)c2ccccc2Cl)cc1. The first-order valence-corrected chi connectivity index (χ1v) is 11.8. The van der Waals surface area contributed by atoms with Gasteiger partial charge in [-0.25, -0.2) is 4.79 Å². The molecule has 0 aromatic heterocycles. The number of carbonyl (C=O) groups excluding carboxylic acids is 4. The lowest BCUT2D eigenvalue weighted by molar-refractivity contribution is -0.154. The predicted octanol–water partition coefficient (Wildman–Crippen LogP) is 3.86. The summed E-state index contributed by atoms with van der Waals surface area (Å²) in [5.41, 5.74) is 0.530. The van der Waals surface area contributed by atoms with E-state index >= 15 is 0 Å². The van der Waals surface area contributed by atoms with Gasteiger partial charge in [-0.05, 0) is 48.7 Å². The van der Waals surface area contributed by atoms with Gasteiger partial charge in [0.25, 0.3) is 0 Å². The molecule has 7 nitrogen and oxygen atoms in total. The summed E-state index contributed by atoms with van der Waals surface area (Å²) >= 11 is 9.55. The van der Waals surface area contributed by atoms with E-state index in [0.29, 0.717) is 5.56 Å². The molecule has 2 aliphatic carbocycles. The third-order valence-corrected chi connectivity index (χ3v) is 8.15. The van der Waals surface area contributed by atoms with Gasteiger partial charge in [0, 0.05) is 11.5 Å². The van der Waals surface area contributed by atoms with E-state index in [1.807, 2.05) is 0 Å². The molecule has 3 aliphatic rings. The summed E-state index contributed by atoms with van der Waals surface area (Å²) in [6, 6.07) is 12.4. The van der Waals surface area contributed by atoms with E-state index < -0.39 is 36.2 Å². The van der Waals surface area contributed by atoms with Crippen LogP contribution in [0.25, 0.3) is 0 Å². The Bertz CT molecular complexity index is 1150. The highest BCUT2D eigenvalue weighted by Gasteiger charge is 2.68. The fourth-order valence-electron chi connectivity index (χ4n) is 5.11. The molecule has 1 saturated heterocycles. The maximum Gasteiger partial charge on any atom is 0.345 e. The number of fused-ring (bicyclic) bond motifs is 1. The van der Waals surface area contributed by atoms with Crippen LogP contribution in [0.2, 0.25) is 5.02 Å². The molecule has 2 bridgehead atoms. The van der Waals surface area contributed by atoms with Crippen LogP contribution in [-0.2, 0) is 19.1 Å². The quantitative estimate of drug-likeness (QED) is 0.241. The van der Waals surface area contributed by atoms with Crippen LogP contribution in [0.4, 0.5) is 0 Å². The number of hydrogen-bond donors (Lipinski definition) is 0. The van der Waals surface area contributed by atoms with Gasteiger partial charge >= 0.3 is 17.9 Å². The van der Waals surface area contributed by atoms with E-state index in [0.717, 1.165) is 6.42 Å². The number of halogens is 2. The molecule has 1 aliphatic heterocycles. The zero-order valence-corrected chi connectivity index (χ0v) is 19.5. The highest BCUT2D eigenvalue weighted by molar-refractivity contribution is 9.09. The first-order chi connectivity index (χ1) is 15.8. The van der Waals surface area contributed by atoms with Crippen LogP contribution in [0, 0.1) is 23.7 Å². The number of esters is 3. The molecule has 0 unspecified atom stereocenters. The number of Topliss-reactive ketones (excluding diaryl/α,β-unsaturated/α-hetero) is 1. The standard InChI is InChI=1S/C24H18BrClO7/c25-20-14-9-15-19(24(30)33-21(15)20)18(14)23(29)31-10-17(27)11-5-7-12(8-6-11)32-22(28)13-3-1-2-4-16(13)26/h1-8,14-15,18-21H,9-10H2/t14-,15-,18-,19-,20+,21+/m1/s1. The van der Waals surface area contributed by atoms with Crippen molar-refractivity contribution >= 4 is 51.2 Å². The van der Waals surface area contributed by atoms with Gasteiger partial charge < -0.3 is 14.2 Å². The Morgan fingerprint density at radius 2 is 1.79 bits per heavy atom. The van der Waals surface area contributed by atoms with Crippen LogP contribution in [-0.4, -0.2) is 41.2 Å². The van der Waals surface area contributed by atoms with Gasteiger partial charge in [0.15, 0.2) is 12.4 Å². The molecular formula is C24H18BrClO7. The highest BCUT2D eigenvalue weighted by atomic mass is 79.9. The minimum Gasteiger partial charge on any atom is -0.461 e. The van der Waals surface area contributed by atoms with E-state index in [4.69, 9.17) is 25.8 Å². The molecule has 9 heteroatoms. The number of rotatable bonds is 6. The zero-order chi connectivity index (χ0) is 23.3. The number of benzene rings is 2. The molecule has 2 aromatic rings. The van der Waals surface area contributed by atoms with Crippen molar-refractivity contribution in [2.45, 2.75) is 17.4 Å². The van der Waals surface area contributed by atoms with E-state index in [1.54, 1.807) is 24.3 Å². The Balaban J connectivity index is 1.18. The van der Waals surface area contributed by atoms with Crippen molar-refractivity contribution in [3.05, 3.63) is 64.7 Å². The normalized spacial score (nSPS) is 29.0. The molecular weight excluding hydrogens is 516 g/mol. The number of carbonyl (C=O) groups is 4. The van der Waals surface area contributed by atoms with Crippen molar-refractivity contribution in [2.24, 2.45) is 23.7 Å². The van der Waals surface area contributed by atoms with Crippen LogP contribution >= 0.6 is 27.5 Å². The van der Waals surface area contributed by atoms with Crippen molar-refractivity contribution in [1.82, 2.24) is 0 Å². The van der Waals surface area contributed by atoms with Crippen LogP contribution in [0.15, 0.2) is 48.5 Å². The van der Waals surface area contributed by atoms with Gasteiger partial charge in [0.1, 0.15) is 11.9 Å². The lowest BCUT2D eigenvalue weighted by Gasteiger charge is -2.26. The Morgan fingerprint density at radius 3 is 2.52 bits per heavy atom. The molecule has 33 heavy (non-hydrogen) atoms. The van der Waals surface area contributed by atoms with Crippen LogP contribution in [0.5, 0.6) is 5.75 Å². The molecule has 5 rings (SSSR count). The first-order valence-electron chi connectivity index (χ1n) is 10.5. The van der Waals surface area contributed by atoms with Gasteiger partial charge in [0.2, 0.25) is 0 Å². The van der Waals surface area contributed by atoms with E-state index in [-0.39, 0.29) is 45.1 Å². The maximum absolute atomic E-state index is 12.7. The summed E-state index contributed by atoms with van der Waals surface area (Å²) in [5.74, 6) is -2.76. The number of ketones is 1. The molecule has 0 N–H and O–H groups in total. The van der Waals surface area contributed by atoms with Gasteiger partial charge in [-0.2, -0.15) is 0 Å². The van der Waals surface area contributed by atoms with Gasteiger partial charge in [-0.3, -0.25) is 14.4 Å². The first kappa shape index (κ1) is 22.1. The van der Waals surface area contributed by atoms with E-state index in [2.05, 4.69) is 15.9 Å². The summed E-state index contributed by atoms with van der Waals surface area (Å²) in [5, 5.41) is 0.277. The van der Waals surface area contributed by atoms with E-state index in [9.17, 15) is 19.2 Å². The average molecular weight is 534 g/mol. The molecule has 6 atom stereocenters. The van der Waals surface area contributed by atoms with Crippen molar-refractivity contribution in [2.75, 3.05) is 6.61 Å². The van der Waals surface area contributed by atoms with Gasteiger partial charge in [-0.15, -0.1) is 0 Å². The summed E-state index contributed by atoms with van der Waals surface area (Å²) < 4.78 is 16.0. The predicted molar refractivity (Wildman–Crippen MR) is 119 cm³/mol. The smallest absolute Gasteiger partial charge is 0.345 e. The molecule has 0 radical (unpaired) electrons. The Hall–Kier alpha value is -2.71. The monoisotopic (exact) mass is 532 g/mol. The van der Waals surface area contributed by atoms with Crippen molar-refractivity contribution in [3.63, 3.8) is 0 Å². The van der Waals surface area contributed by atoms with Crippen LogP contribution in [0.1, 0.15) is 27.1 Å². The van der Waals surface area contributed by atoms with Crippen molar-refractivity contribution in [1.29, 1.82) is 0 Å². The van der Waals surface area contributed by atoms with Gasteiger partial charge in [0.05, 0.1) is 27.2 Å². The summed E-state index contributed by atoms with van der Waals surface area (Å²) in [7, 11) is 0. The summed E-state index contributed by atoms with van der Waals surface area (Å²) in [6.45, 7) is -0.441. The minimum atomic E-state index is -0.614. The molecule has 0 spiro atoms. The van der Waals surface area contributed by atoms with Crippen LogP contribution < -0.4 is 4.74 Å². The zero-order valence-electron chi connectivity index (χ0n) is 17.1. The second-order valence-corrected chi connectivity index (χ2v) is 9.85. The largest absolute Gasteiger partial charge is 0.461 e. The maximum atomic E-state index is 12.7. The average Bonchev–Trinajstić information content (AvgIpc) is 3.42. The minimum absolute atomic E-state index is 0.0288. The molecule has 170 valence electrons. The summed E-state index contributed by atoms with van der Waals surface area (Å²) in [4.78, 5) is 49.6. The number of alkyl halides is 1. The van der Waals surface area contributed by atoms with Gasteiger partial charge in [-0.1, -0.05) is 39.7 Å². The second-order valence-electron chi connectivity index (χ2n) is 8.39. The second kappa shape index (κ2) is 8.57. The molecule has 0 amide bonds. The molecule has 1 heterocycles. The molecule has 2 saturated carbocycles. The third-order valence-electron chi connectivity index (χ3n) is 6.62. The fraction of sp³-hybridized carbons (Fsp3) is 0.333. The Kier molecular flexibility index (Phi) is 5.74. The highest BCUT2D eigenvalue weighted by Crippen LogP contribution is 2.60. The van der Waals surface area contributed by atoms with Crippen molar-refractivity contribution < 1.29 is 33.4 Å².